The van der Waals surface area contributed by atoms with Gasteiger partial charge in [-0.3, -0.25) is 4.99 Å². The summed E-state index contributed by atoms with van der Waals surface area (Å²) < 4.78 is 0. The Morgan fingerprint density at radius 1 is 1.38 bits per heavy atom. The monoisotopic (exact) mass is 181 g/mol. The fourth-order valence-electron chi connectivity index (χ4n) is 1.71. The van der Waals surface area contributed by atoms with Gasteiger partial charge in [0, 0.05) is 13.3 Å². The lowest BCUT2D eigenvalue weighted by atomic mass is 9.85. The molecule has 0 aliphatic rings. The highest BCUT2D eigenvalue weighted by Crippen LogP contribution is 2.24. The van der Waals surface area contributed by atoms with Crippen molar-refractivity contribution in [3.05, 3.63) is 11.6 Å². The summed E-state index contributed by atoms with van der Waals surface area (Å²) in [6.45, 7) is 9.04. The molecule has 0 radical (unpaired) electrons. The number of allylic oxidation sites excluding steroid dienone is 2. The largest absolute Gasteiger partial charge is 0.297 e. The lowest BCUT2D eigenvalue weighted by Crippen LogP contribution is -2.09. The Hall–Kier alpha value is -0.590. The van der Waals surface area contributed by atoms with Crippen LogP contribution in [0.2, 0.25) is 0 Å². The topological polar surface area (TPSA) is 12.4 Å². The summed E-state index contributed by atoms with van der Waals surface area (Å²) in [5.74, 6) is 1.46. The van der Waals surface area contributed by atoms with Gasteiger partial charge in [-0.2, -0.15) is 0 Å². The number of rotatable bonds is 5. The first kappa shape index (κ1) is 12.4. The van der Waals surface area contributed by atoms with Crippen LogP contribution in [0, 0.1) is 11.8 Å². The zero-order valence-electron chi connectivity index (χ0n) is 9.67. The predicted octanol–water partition coefficient (Wildman–Crippen LogP) is 3.71. The van der Waals surface area contributed by atoms with Crippen molar-refractivity contribution in [2.75, 3.05) is 7.05 Å². The molecule has 0 spiro atoms. The van der Waals surface area contributed by atoms with E-state index in [9.17, 15) is 0 Å². The van der Waals surface area contributed by atoms with E-state index in [1.807, 2.05) is 13.3 Å². The molecule has 0 heterocycles. The van der Waals surface area contributed by atoms with E-state index in [1.165, 1.54) is 18.4 Å². The van der Waals surface area contributed by atoms with Crippen molar-refractivity contribution in [1.82, 2.24) is 0 Å². The third kappa shape index (κ3) is 4.87. The molecule has 0 N–H and O–H groups in total. The third-order valence-corrected chi connectivity index (χ3v) is 2.48. The second-order valence-electron chi connectivity index (χ2n) is 3.96. The van der Waals surface area contributed by atoms with Crippen molar-refractivity contribution in [1.29, 1.82) is 0 Å². The summed E-state index contributed by atoms with van der Waals surface area (Å²) in [4.78, 5) is 3.98. The molecule has 0 aliphatic heterocycles. The summed E-state index contributed by atoms with van der Waals surface area (Å²) in [7, 11) is 1.81. The van der Waals surface area contributed by atoms with Crippen LogP contribution >= 0.6 is 0 Å². The van der Waals surface area contributed by atoms with Crippen molar-refractivity contribution in [2.24, 2.45) is 16.8 Å². The summed E-state index contributed by atoms with van der Waals surface area (Å²) in [5, 5.41) is 0. The molecule has 1 heteroatoms. The SMILES string of the molecule is CCCC(C(C)=CC=NC)C(C)C. The first-order valence-corrected chi connectivity index (χ1v) is 5.22. The van der Waals surface area contributed by atoms with Crippen LogP contribution in [0.3, 0.4) is 0 Å². The Kier molecular flexibility index (Phi) is 6.56. The second kappa shape index (κ2) is 6.88. The van der Waals surface area contributed by atoms with E-state index in [4.69, 9.17) is 0 Å². The summed E-state index contributed by atoms with van der Waals surface area (Å²) in [5.41, 5.74) is 1.46. The van der Waals surface area contributed by atoms with Crippen molar-refractivity contribution in [2.45, 2.75) is 40.5 Å². The van der Waals surface area contributed by atoms with Crippen LogP contribution < -0.4 is 0 Å². The van der Waals surface area contributed by atoms with E-state index in [0.717, 1.165) is 11.8 Å². The standard InChI is InChI=1S/C12H23N/c1-6-7-12(10(2)3)11(4)8-9-13-5/h8-10,12H,6-7H2,1-5H3. The number of hydrogen-bond acceptors (Lipinski definition) is 1. The minimum absolute atomic E-state index is 0.725. The van der Waals surface area contributed by atoms with Crippen LogP contribution in [-0.4, -0.2) is 13.3 Å². The minimum atomic E-state index is 0.725. The molecule has 0 aliphatic carbocycles. The molecule has 0 rings (SSSR count). The van der Waals surface area contributed by atoms with Gasteiger partial charge in [-0.25, -0.2) is 0 Å². The highest BCUT2D eigenvalue weighted by molar-refractivity contribution is 5.71. The van der Waals surface area contributed by atoms with Crippen LogP contribution in [0.4, 0.5) is 0 Å². The van der Waals surface area contributed by atoms with Gasteiger partial charge in [-0.15, -0.1) is 0 Å². The van der Waals surface area contributed by atoms with Crippen molar-refractivity contribution >= 4 is 6.21 Å². The van der Waals surface area contributed by atoms with Gasteiger partial charge in [0.2, 0.25) is 0 Å². The van der Waals surface area contributed by atoms with E-state index < -0.39 is 0 Å². The average molecular weight is 181 g/mol. The van der Waals surface area contributed by atoms with Gasteiger partial charge >= 0.3 is 0 Å². The first-order chi connectivity index (χ1) is 6.13. The third-order valence-electron chi connectivity index (χ3n) is 2.48. The smallest absolute Gasteiger partial charge is 0.0277 e. The Labute approximate surface area is 83.0 Å². The molecule has 13 heavy (non-hydrogen) atoms. The lowest BCUT2D eigenvalue weighted by Gasteiger charge is -2.20. The van der Waals surface area contributed by atoms with E-state index in [-0.39, 0.29) is 0 Å². The van der Waals surface area contributed by atoms with E-state index in [0.29, 0.717) is 0 Å². The van der Waals surface area contributed by atoms with Gasteiger partial charge in [0.05, 0.1) is 0 Å². The van der Waals surface area contributed by atoms with E-state index in [2.05, 4.69) is 38.8 Å². The summed E-state index contributed by atoms with van der Waals surface area (Å²) >= 11 is 0. The van der Waals surface area contributed by atoms with Crippen molar-refractivity contribution < 1.29 is 0 Å². The van der Waals surface area contributed by atoms with Crippen LogP contribution in [0.5, 0.6) is 0 Å². The van der Waals surface area contributed by atoms with Crippen molar-refractivity contribution in [3.63, 3.8) is 0 Å². The zero-order chi connectivity index (χ0) is 10.3. The van der Waals surface area contributed by atoms with Crippen LogP contribution in [0.25, 0.3) is 0 Å². The molecule has 0 bridgehead atoms. The number of aliphatic imine (C=N–C) groups is 1. The van der Waals surface area contributed by atoms with Gasteiger partial charge in [0.1, 0.15) is 0 Å². The van der Waals surface area contributed by atoms with Gasteiger partial charge in [-0.1, -0.05) is 32.8 Å². The van der Waals surface area contributed by atoms with Crippen LogP contribution in [-0.2, 0) is 0 Å². The Balaban J connectivity index is 4.35. The molecule has 76 valence electrons. The summed E-state index contributed by atoms with van der Waals surface area (Å²) in [6, 6.07) is 0. The first-order valence-electron chi connectivity index (χ1n) is 5.22. The van der Waals surface area contributed by atoms with Gasteiger partial charge < -0.3 is 0 Å². The predicted molar refractivity (Wildman–Crippen MR) is 61.4 cm³/mol. The molecule has 0 aromatic rings. The molecular formula is C12H23N. The highest BCUT2D eigenvalue weighted by Gasteiger charge is 2.13. The minimum Gasteiger partial charge on any atom is -0.297 e. The highest BCUT2D eigenvalue weighted by atomic mass is 14.6. The maximum atomic E-state index is 3.98. The number of hydrogen-bond donors (Lipinski definition) is 0. The molecular weight excluding hydrogens is 158 g/mol. The van der Waals surface area contributed by atoms with Crippen molar-refractivity contribution in [3.8, 4) is 0 Å². The molecule has 1 unspecified atom stereocenters. The van der Waals surface area contributed by atoms with Gasteiger partial charge in [0.25, 0.3) is 0 Å². The average Bonchev–Trinajstić information content (AvgIpc) is 2.09. The second-order valence-corrected chi connectivity index (χ2v) is 3.96. The molecule has 1 nitrogen and oxygen atoms in total. The molecule has 0 aromatic carbocycles. The van der Waals surface area contributed by atoms with Gasteiger partial charge in [0.15, 0.2) is 0 Å². The Bertz CT molecular complexity index is 178. The lowest BCUT2D eigenvalue weighted by molar-refractivity contribution is 0.411. The zero-order valence-corrected chi connectivity index (χ0v) is 9.67. The molecule has 0 saturated heterocycles. The fraction of sp³-hybridized carbons (Fsp3) is 0.750. The maximum absolute atomic E-state index is 3.98. The molecule has 0 fully saturated rings. The molecule has 0 amide bonds. The maximum Gasteiger partial charge on any atom is 0.0277 e. The Morgan fingerprint density at radius 3 is 2.38 bits per heavy atom. The molecule has 0 aromatic heterocycles. The van der Waals surface area contributed by atoms with Gasteiger partial charge in [-0.05, 0) is 31.3 Å². The molecule has 0 saturated carbocycles. The number of nitrogens with zero attached hydrogens (tertiary/aromatic N) is 1. The quantitative estimate of drug-likeness (QED) is 0.573. The summed E-state index contributed by atoms with van der Waals surface area (Å²) in [6.07, 6.45) is 6.58. The van der Waals surface area contributed by atoms with Crippen LogP contribution in [0.15, 0.2) is 16.6 Å². The van der Waals surface area contributed by atoms with E-state index in [1.54, 1.807) is 0 Å². The van der Waals surface area contributed by atoms with Crippen LogP contribution in [0.1, 0.15) is 40.5 Å². The fourth-order valence-corrected chi connectivity index (χ4v) is 1.71. The Morgan fingerprint density at radius 2 is 2.00 bits per heavy atom. The van der Waals surface area contributed by atoms with E-state index >= 15 is 0 Å². The normalized spacial score (nSPS) is 15.7. The molecule has 1 atom stereocenters.